The van der Waals surface area contributed by atoms with Gasteiger partial charge in [-0.05, 0) is 37.3 Å². The maximum atomic E-state index is 14.1. The van der Waals surface area contributed by atoms with Crippen LogP contribution in [0.25, 0.3) is 0 Å². The van der Waals surface area contributed by atoms with Gasteiger partial charge < -0.3 is 15.0 Å². The molecule has 1 amide bonds. The van der Waals surface area contributed by atoms with Crippen LogP contribution in [0.2, 0.25) is 0 Å². The number of aromatic nitrogens is 2. The zero-order chi connectivity index (χ0) is 24.2. The summed E-state index contributed by atoms with van der Waals surface area (Å²) in [4.78, 5) is 22.9. The van der Waals surface area contributed by atoms with Crippen molar-refractivity contribution in [3.05, 3.63) is 77.0 Å². The number of pyridine rings is 2. The van der Waals surface area contributed by atoms with E-state index in [9.17, 15) is 23.2 Å². The lowest BCUT2D eigenvalue weighted by molar-refractivity contribution is 0.101. The van der Waals surface area contributed by atoms with E-state index in [-0.39, 0.29) is 28.8 Å². The molecule has 10 heteroatoms. The second-order valence-electron chi connectivity index (χ2n) is 7.82. The molecule has 3 heterocycles. The largest absolute Gasteiger partial charge is 0.487 e. The highest BCUT2D eigenvalue weighted by atomic mass is 19.1. The predicted octanol–water partition coefficient (Wildman–Crippen LogP) is 4.37. The van der Waals surface area contributed by atoms with Crippen molar-refractivity contribution >= 4 is 17.4 Å². The molecule has 1 aromatic carbocycles. The number of benzene rings is 1. The highest BCUT2D eigenvalue weighted by molar-refractivity contribution is 6.04. The number of piperidine rings is 1. The van der Waals surface area contributed by atoms with Crippen molar-refractivity contribution in [1.29, 1.82) is 5.26 Å². The number of rotatable bonds is 5. The molecule has 0 aliphatic carbocycles. The predicted molar refractivity (Wildman–Crippen MR) is 118 cm³/mol. The van der Waals surface area contributed by atoms with Crippen LogP contribution in [0.1, 0.15) is 34.6 Å². The molecule has 1 N–H and O–H groups in total. The number of nitriles is 1. The number of hydrogen-bond donors (Lipinski definition) is 1. The SMILES string of the molecule is Cc1ccc(F)c(C(=O)Nc2cc(C#N)cnc2N2CCC(Oc3ccc(F)cc3F)CC2)n1. The fraction of sp³-hybridized carbons (Fsp3) is 0.250. The zero-order valence-electron chi connectivity index (χ0n) is 18.2. The van der Waals surface area contributed by atoms with Crippen molar-refractivity contribution < 1.29 is 22.7 Å². The smallest absolute Gasteiger partial charge is 0.277 e. The lowest BCUT2D eigenvalue weighted by atomic mass is 10.1. The summed E-state index contributed by atoms with van der Waals surface area (Å²) in [6.45, 7) is 2.57. The van der Waals surface area contributed by atoms with Crippen molar-refractivity contribution in [3.8, 4) is 11.8 Å². The van der Waals surface area contributed by atoms with Crippen molar-refractivity contribution in [2.75, 3.05) is 23.3 Å². The van der Waals surface area contributed by atoms with Crippen LogP contribution in [-0.4, -0.2) is 35.1 Å². The number of aryl methyl sites for hydroxylation is 1. The highest BCUT2D eigenvalue weighted by Gasteiger charge is 2.25. The molecule has 3 aromatic rings. The molecule has 1 saturated heterocycles. The minimum absolute atomic E-state index is 0.0167. The van der Waals surface area contributed by atoms with Gasteiger partial charge in [0.1, 0.15) is 18.0 Å². The first-order chi connectivity index (χ1) is 16.3. The van der Waals surface area contributed by atoms with Gasteiger partial charge in [-0.3, -0.25) is 4.79 Å². The maximum Gasteiger partial charge on any atom is 0.277 e. The molecule has 34 heavy (non-hydrogen) atoms. The molecule has 0 bridgehead atoms. The van der Waals surface area contributed by atoms with Crippen molar-refractivity contribution in [2.24, 2.45) is 0 Å². The molecular formula is C24H20F3N5O2. The average molecular weight is 467 g/mol. The number of anilines is 2. The molecule has 2 aromatic heterocycles. The Bertz CT molecular complexity index is 1270. The molecule has 4 rings (SSSR count). The summed E-state index contributed by atoms with van der Waals surface area (Å²) >= 11 is 0. The Labute approximate surface area is 193 Å². The van der Waals surface area contributed by atoms with Gasteiger partial charge in [-0.2, -0.15) is 5.26 Å². The van der Waals surface area contributed by atoms with E-state index in [0.29, 0.717) is 37.4 Å². The van der Waals surface area contributed by atoms with Gasteiger partial charge in [0.05, 0.1) is 11.3 Å². The summed E-state index contributed by atoms with van der Waals surface area (Å²) in [5.74, 6) is -2.58. The van der Waals surface area contributed by atoms with E-state index >= 15 is 0 Å². The third-order valence-corrected chi connectivity index (χ3v) is 5.37. The molecule has 0 radical (unpaired) electrons. The summed E-state index contributed by atoms with van der Waals surface area (Å²) in [5.41, 5.74) is 0.592. The molecule has 0 unspecified atom stereocenters. The number of carbonyl (C=O) groups excluding carboxylic acids is 1. The van der Waals surface area contributed by atoms with Gasteiger partial charge in [0.15, 0.2) is 28.9 Å². The van der Waals surface area contributed by atoms with Crippen LogP contribution in [0.15, 0.2) is 42.6 Å². The maximum absolute atomic E-state index is 14.1. The lowest BCUT2D eigenvalue weighted by Crippen LogP contribution is -2.39. The highest BCUT2D eigenvalue weighted by Crippen LogP contribution is 2.29. The Morgan fingerprint density at radius 1 is 1.15 bits per heavy atom. The van der Waals surface area contributed by atoms with Crippen LogP contribution in [0.4, 0.5) is 24.7 Å². The Morgan fingerprint density at radius 3 is 2.62 bits per heavy atom. The summed E-state index contributed by atoms with van der Waals surface area (Å²) in [7, 11) is 0. The van der Waals surface area contributed by atoms with E-state index < -0.39 is 23.4 Å². The van der Waals surface area contributed by atoms with Crippen LogP contribution in [0.3, 0.4) is 0 Å². The third kappa shape index (κ3) is 5.09. The number of hydrogen-bond acceptors (Lipinski definition) is 6. The molecule has 1 aliphatic heterocycles. The molecule has 0 atom stereocenters. The van der Waals surface area contributed by atoms with Crippen LogP contribution >= 0.6 is 0 Å². The molecule has 1 aliphatic rings. The quantitative estimate of drug-likeness (QED) is 0.599. The van der Waals surface area contributed by atoms with Gasteiger partial charge in [0, 0.05) is 43.9 Å². The average Bonchev–Trinajstić information content (AvgIpc) is 2.83. The molecule has 7 nitrogen and oxygen atoms in total. The molecular weight excluding hydrogens is 447 g/mol. The Morgan fingerprint density at radius 2 is 1.91 bits per heavy atom. The van der Waals surface area contributed by atoms with E-state index in [1.807, 2.05) is 11.0 Å². The van der Waals surface area contributed by atoms with Gasteiger partial charge in [-0.25, -0.2) is 23.1 Å². The van der Waals surface area contributed by atoms with Gasteiger partial charge in [-0.1, -0.05) is 0 Å². The first kappa shape index (κ1) is 23.0. The van der Waals surface area contributed by atoms with E-state index in [2.05, 4.69) is 15.3 Å². The summed E-state index contributed by atoms with van der Waals surface area (Å²) in [6.07, 6.45) is 2.12. The first-order valence-corrected chi connectivity index (χ1v) is 10.6. The van der Waals surface area contributed by atoms with Gasteiger partial charge in [0.2, 0.25) is 0 Å². The monoisotopic (exact) mass is 467 g/mol. The number of ether oxygens (including phenoxy) is 1. The zero-order valence-corrected chi connectivity index (χ0v) is 18.2. The summed E-state index contributed by atoms with van der Waals surface area (Å²) in [6, 6.07) is 9.21. The second kappa shape index (κ2) is 9.79. The van der Waals surface area contributed by atoms with E-state index in [4.69, 9.17) is 4.74 Å². The van der Waals surface area contributed by atoms with E-state index in [1.165, 1.54) is 24.4 Å². The van der Waals surface area contributed by atoms with Crippen LogP contribution in [0.5, 0.6) is 5.75 Å². The lowest BCUT2D eigenvalue weighted by Gasteiger charge is -2.34. The van der Waals surface area contributed by atoms with E-state index in [1.54, 1.807) is 6.92 Å². The Balaban J connectivity index is 1.49. The summed E-state index contributed by atoms with van der Waals surface area (Å²) < 4.78 is 46.8. The number of carbonyl (C=O) groups is 1. The molecule has 174 valence electrons. The van der Waals surface area contributed by atoms with Crippen LogP contribution in [-0.2, 0) is 0 Å². The second-order valence-corrected chi connectivity index (χ2v) is 7.82. The Kier molecular flexibility index (Phi) is 6.63. The minimum Gasteiger partial charge on any atom is -0.487 e. The third-order valence-electron chi connectivity index (χ3n) is 5.37. The van der Waals surface area contributed by atoms with Crippen LogP contribution < -0.4 is 15.0 Å². The van der Waals surface area contributed by atoms with Gasteiger partial charge in [-0.15, -0.1) is 0 Å². The van der Waals surface area contributed by atoms with Gasteiger partial charge in [0.25, 0.3) is 5.91 Å². The molecule has 0 saturated carbocycles. The first-order valence-electron chi connectivity index (χ1n) is 10.6. The fourth-order valence-corrected chi connectivity index (χ4v) is 3.68. The van der Waals surface area contributed by atoms with Crippen LogP contribution in [0, 0.1) is 35.7 Å². The van der Waals surface area contributed by atoms with E-state index in [0.717, 1.165) is 18.2 Å². The fourth-order valence-electron chi connectivity index (χ4n) is 3.68. The van der Waals surface area contributed by atoms with Crippen molar-refractivity contribution in [1.82, 2.24) is 9.97 Å². The van der Waals surface area contributed by atoms with Gasteiger partial charge >= 0.3 is 0 Å². The topological polar surface area (TPSA) is 91.1 Å². The standard InChI is InChI=1S/C24H20F3N5O2/c1-14-2-4-18(26)22(30-14)24(33)31-20-10-15(12-28)13-29-23(20)32-8-6-17(7-9-32)34-21-5-3-16(25)11-19(21)27/h2-5,10-11,13,17H,6-9H2,1H3,(H,31,33). The number of nitrogens with one attached hydrogen (secondary N) is 1. The molecule has 1 fully saturated rings. The van der Waals surface area contributed by atoms with Crippen molar-refractivity contribution in [3.63, 3.8) is 0 Å². The minimum atomic E-state index is -0.766. The normalized spacial score (nSPS) is 13.9. The number of nitrogens with zero attached hydrogens (tertiary/aromatic N) is 4. The number of amides is 1. The number of halogens is 3. The van der Waals surface area contributed by atoms with Crippen molar-refractivity contribution in [2.45, 2.75) is 25.9 Å². The molecule has 0 spiro atoms. The Hall–Kier alpha value is -4.13. The summed E-state index contributed by atoms with van der Waals surface area (Å²) in [5, 5.41) is 11.9.